The highest BCUT2D eigenvalue weighted by Gasteiger charge is 2.23. The highest BCUT2D eigenvalue weighted by molar-refractivity contribution is 5.79. The molecule has 1 unspecified atom stereocenters. The lowest BCUT2D eigenvalue weighted by atomic mass is 10.1. The van der Waals surface area contributed by atoms with Crippen LogP contribution in [0.1, 0.15) is 36.9 Å². The van der Waals surface area contributed by atoms with Crippen LogP contribution in [0.25, 0.3) is 0 Å². The summed E-state index contributed by atoms with van der Waals surface area (Å²) >= 11 is 0. The van der Waals surface area contributed by atoms with Gasteiger partial charge in [-0.15, -0.1) is 0 Å². The molecular weight excluding hydrogens is 392 g/mol. The summed E-state index contributed by atoms with van der Waals surface area (Å²) in [5.41, 5.74) is 1.99. The number of methoxy groups -OCH3 is 2. The predicted octanol–water partition coefficient (Wildman–Crippen LogP) is 3.30. The number of phenolic OH excluding ortho intramolecular Hbond substituents is 1. The predicted molar refractivity (Wildman–Crippen MR) is 124 cm³/mol. The molecule has 0 radical (unpaired) electrons. The Labute approximate surface area is 185 Å². The van der Waals surface area contributed by atoms with E-state index in [2.05, 4.69) is 32.7 Å². The fourth-order valence-corrected chi connectivity index (χ4v) is 3.85. The molecule has 7 heteroatoms. The van der Waals surface area contributed by atoms with Crippen molar-refractivity contribution in [1.29, 1.82) is 0 Å². The molecule has 0 aromatic heterocycles. The van der Waals surface area contributed by atoms with Crippen molar-refractivity contribution in [3.05, 3.63) is 53.6 Å². The fourth-order valence-electron chi connectivity index (χ4n) is 3.85. The van der Waals surface area contributed by atoms with Gasteiger partial charge in [-0.3, -0.25) is 4.90 Å². The molecule has 3 N–H and O–H groups in total. The molecule has 1 atom stereocenters. The minimum atomic E-state index is 0.216. The van der Waals surface area contributed by atoms with Crippen molar-refractivity contribution in [2.45, 2.75) is 32.4 Å². The molecule has 168 valence electrons. The van der Waals surface area contributed by atoms with E-state index in [1.807, 2.05) is 25.1 Å². The maximum Gasteiger partial charge on any atom is 0.191 e. The molecule has 1 aliphatic heterocycles. The summed E-state index contributed by atoms with van der Waals surface area (Å²) in [4.78, 5) is 7.20. The van der Waals surface area contributed by atoms with Crippen LogP contribution in [0, 0.1) is 0 Å². The summed E-state index contributed by atoms with van der Waals surface area (Å²) < 4.78 is 10.6. The number of nitrogens with zero attached hydrogens (tertiary/aromatic N) is 2. The third kappa shape index (κ3) is 6.28. The van der Waals surface area contributed by atoms with Gasteiger partial charge in [-0.2, -0.15) is 0 Å². The second-order valence-corrected chi connectivity index (χ2v) is 7.60. The maximum absolute atomic E-state index is 10.1. The first-order valence-corrected chi connectivity index (χ1v) is 10.9. The number of aliphatic imine (C=N–C) groups is 1. The molecule has 31 heavy (non-hydrogen) atoms. The van der Waals surface area contributed by atoms with Gasteiger partial charge in [0.25, 0.3) is 0 Å². The molecule has 1 fully saturated rings. The minimum absolute atomic E-state index is 0.216. The van der Waals surface area contributed by atoms with Gasteiger partial charge in [-0.05, 0) is 68.8 Å². The third-order valence-electron chi connectivity index (χ3n) is 5.58. The molecule has 0 bridgehead atoms. The zero-order valence-electron chi connectivity index (χ0n) is 18.7. The van der Waals surface area contributed by atoms with Gasteiger partial charge in [0, 0.05) is 18.7 Å². The molecule has 0 aliphatic carbocycles. The number of phenols is 1. The number of benzene rings is 2. The van der Waals surface area contributed by atoms with Gasteiger partial charge < -0.3 is 25.2 Å². The van der Waals surface area contributed by atoms with Crippen LogP contribution < -0.4 is 20.1 Å². The lowest BCUT2D eigenvalue weighted by molar-refractivity contribution is 0.245. The van der Waals surface area contributed by atoms with Crippen LogP contribution in [-0.2, 0) is 6.54 Å². The van der Waals surface area contributed by atoms with Crippen LogP contribution in [0.4, 0.5) is 0 Å². The van der Waals surface area contributed by atoms with Crippen molar-refractivity contribution < 1.29 is 14.6 Å². The highest BCUT2D eigenvalue weighted by atomic mass is 16.5. The molecule has 2 aromatic carbocycles. The summed E-state index contributed by atoms with van der Waals surface area (Å²) in [6.45, 7) is 6.10. The van der Waals surface area contributed by atoms with E-state index in [9.17, 15) is 5.11 Å². The van der Waals surface area contributed by atoms with Crippen molar-refractivity contribution in [1.82, 2.24) is 15.5 Å². The topological polar surface area (TPSA) is 78.4 Å². The van der Waals surface area contributed by atoms with Crippen molar-refractivity contribution in [3.63, 3.8) is 0 Å². The molecular formula is C24H34N4O3. The number of ether oxygens (including phenoxy) is 2. The van der Waals surface area contributed by atoms with E-state index in [0.29, 0.717) is 12.3 Å². The maximum atomic E-state index is 10.1. The van der Waals surface area contributed by atoms with E-state index in [0.717, 1.165) is 43.5 Å². The van der Waals surface area contributed by atoms with Crippen molar-refractivity contribution >= 4 is 5.96 Å². The number of rotatable bonds is 9. The second kappa shape index (κ2) is 11.5. The average molecular weight is 427 g/mol. The third-order valence-corrected chi connectivity index (χ3v) is 5.58. The summed E-state index contributed by atoms with van der Waals surface area (Å²) in [5, 5.41) is 16.9. The molecule has 2 aromatic rings. The van der Waals surface area contributed by atoms with Gasteiger partial charge >= 0.3 is 0 Å². The molecule has 1 heterocycles. The molecule has 0 amide bonds. The molecule has 7 nitrogen and oxygen atoms in total. The summed E-state index contributed by atoms with van der Waals surface area (Å²) in [5.74, 6) is 2.51. The van der Waals surface area contributed by atoms with Gasteiger partial charge in [0.2, 0.25) is 0 Å². The number of nitrogens with one attached hydrogen (secondary N) is 2. The Balaban J connectivity index is 1.72. The lowest BCUT2D eigenvalue weighted by Crippen LogP contribution is -2.42. The standard InChI is InChI=1S/C24H34N4O3/c1-4-25-24(26-16-19-15-21(31-3)11-12-23(19)29)27-17-22(28-13-5-6-14-28)18-7-9-20(30-2)10-8-18/h7-12,15,22,29H,4-6,13-14,16-17H2,1-3H3,(H2,25,26,27). The van der Waals surface area contributed by atoms with E-state index in [1.54, 1.807) is 26.4 Å². The van der Waals surface area contributed by atoms with E-state index in [4.69, 9.17) is 9.47 Å². The SMILES string of the molecule is CCNC(=NCc1cc(OC)ccc1O)NCC(c1ccc(OC)cc1)N1CCCC1. The Morgan fingerprint density at radius 1 is 1.03 bits per heavy atom. The van der Waals surface area contributed by atoms with Gasteiger partial charge in [0.15, 0.2) is 5.96 Å². The number of aromatic hydroxyl groups is 1. The number of hydrogen-bond donors (Lipinski definition) is 3. The zero-order valence-corrected chi connectivity index (χ0v) is 18.7. The van der Waals surface area contributed by atoms with Gasteiger partial charge in [-0.25, -0.2) is 4.99 Å². The van der Waals surface area contributed by atoms with Crippen LogP contribution in [0.15, 0.2) is 47.5 Å². The van der Waals surface area contributed by atoms with Crippen molar-refractivity contribution in [2.24, 2.45) is 4.99 Å². The first-order valence-electron chi connectivity index (χ1n) is 10.9. The summed E-state index contributed by atoms with van der Waals surface area (Å²) in [7, 11) is 3.30. The zero-order chi connectivity index (χ0) is 22.1. The Morgan fingerprint density at radius 3 is 2.35 bits per heavy atom. The Morgan fingerprint density at radius 2 is 1.71 bits per heavy atom. The van der Waals surface area contributed by atoms with Gasteiger partial charge in [-0.1, -0.05) is 12.1 Å². The van der Waals surface area contributed by atoms with Crippen LogP contribution in [0.2, 0.25) is 0 Å². The molecule has 1 aliphatic rings. The summed E-state index contributed by atoms with van der Waals surface area (Å²) in [6.07, 6.45) is 2.46. The normalized spacial score (nSPS) is 15.5. The van der Waals surface area contributed by atoms with E-state index >= 15 is 0 Å². The highest BCUT2D eigenvalue weighted by Crippen LogP contribution is 2.26. The van der Waals surface area contributed by atoms with E-state index in [1.165, 1.54) is 18.4 Å². The average Bonchev–Trinajstić information content (AvgIpc) is 3.33. The Hall–Kier alpha value is -2.93. The molecule has 3 rings (SSSR count). The van der Waals surface area contributed by atoms with E-state index < -0.39 is 0 Å². The minimum Gasteiger partial charge on any atom is -0.508 e. The van der Waals surface area contributed by atoms with E-state index in [-0.39, 0.29) is 11.8 Å². The largest absolute Gasteiger partial charge is 0.508 e. The molecule has 0 spiro atoms. The fraction of sp³-hybridized carbons (Fsp3) is 0.458. The number of guanidine groups is 1. The number of likely N-dealkylation sites (tertiary alicyclic amines) is 1. The quantitative estimate of drug-likeness (QED) is 0.422. The Kier molecular flexibility index (Phi) is 8.41. The first kappa shape index (κ1) is 22.7. The Bertz CT molecular complexity index is 848. The lowest BCUT2D eigenvalue weighted by Gasteiger charge is -2.29. The monoisotopic (exact) mass is 426 g/mol. The molecule has 0 saturated carbocycles. The van der Waals surface area contributed by atoms with Crippen LogP contribution >= 0.6 is 0 Å². The van der Waals surface area contributed by atoms with Crippen LogP contribution in [-0.4, -0.2) is 56.4 Å². The van der Waals surface area contributed by atoms with Gasteiger partial charge in [0.05, 0.1) is 26.8 Å². The van der Waals surface area contributed by atoms with Crippen molar-refractivity contribution in [3.8, 4) is 17.2 Å². The summed E-state index contributed by atoms with van der Waals surface area (Å²) in [6, 6.07) is 13.8. The second-order valence-electron chi connectivity index (χ2n) is 7.60. The first-order chi connectivity index (χ1) is 15.1. The molecule has 1 saturated heterocycles. The van der Waals surface area contributed by atoms with Crippen LogP contribution in [0.3, 0.4) is 0 Å². The van der Waals surface area contributed by atoms with Crippen molar-refractivity contribution in [2.75, 3.05) is 40.4 Å². The number of hydrogen-bond acceptors (Lipinski definition) is 5. The smallest absolute Gasteiger partial charge is 0.191 e. The van der Waals surface area contributed by atoms with Gasteiger partial charge in [0.1, 0.15) is 17.2 Å². The van der Waals surface area contributed by atoms with Crippen LogP contribution in [0.5, 0.6) is 17.2 Å².